The van der Waals surface area contributed by atoms with E-state index in [-0.39, 0.29) is 18.3 Å². The van der Waals surface area contributed by atoms with E-state index in [1.807, 2.05) is 6.07 Å². The minimum Gasteiger partial charge on any atom is -0.326 e. The summed E-state index contributed by atoms with van der Waals surface area (Å²) in [5.41, 5.74) is 0.842. The first-order valence-electron chi connectivity index (χ1n) is 5.02. The maximum Gasteiger partial charge on any atom is 0.254 e. The van der Waals surface area contributed by atoms with Crippen molar-refractivity contribution in [3.8, 4) is 6.07 Å². The van der Waals surface area contributed by atoms with E-state index in [1.165, 1.54) is 23.1 Å². The van der Waals surface area contributed by atoms with Gasteiger partial charge in [0.1, 0.15) is 12.4 Å². The summed E-state index contributed by atoms with van der Waals surface area (Å²) in [5.74, 6) is -0.577. The predicted molar refractivity (Wildman–Crippen MR) is 58.3 cm³/mol. The van der Waals surface area contributed by atoms with E-state index in [4.69, 9.17) is 5.26 Å². The van der Waals surface area contributed by atoms with Gasteiger partial charge in [-0.1, -0.05) is 0 Å². The van der Waals surface area contributed by atoms with Crippen molar-refractivity contribution in [3.05, 3.63) is 35.1 Å². The van der Waals surface area contributed by atoms with Crippen LogP contribution in [-0.2, 0) is 0 Å². The van der Waals surface area contributed by atoms with Crippen molar-refractivity contribution in [1.82, 2.24) is 4.90 Å². The highest BCUT2D eigenvalue weighted by atomic mass is 19.1. The van der Waals surface area contributed by atoms with E-state index in [9.17, 15) is 9.18 Å². The van der Waals surface area contributed by atoms with Crippen LogP contribution in [0, 0.1) is 24.1 Å². The fourth-order valence-corrected chi connectivity index (χ4v) is 1.37. The Balaban J connectivity index is 2.95. The van der Waals surface area contributed by atoms with Gasteiger partial charge in [-0.25, -0.2) is 4.39 Å². The molecule has 0 aliphatic heterocycles. The van der Waals surface area contributed by atoms with Crippen molar-refractivity contribution < 1.29 is 9.18 Å². The zero-order valence-electron chi connectivity index (χ0n) is 9.33. The summed E-state index contributed by atoms with van der Waals surface area (Å²) >= 11 is 0. The molecule has 0 aliphatic rings. The Labute approximate surface area is 94.1 Å². The Morgan fingerprint density at radius 2 is 2.25 bits per heavy atom. The largest absolute Gasteiger partial charge is 0.326 e. The van der Waals surface area contributed by atoms with Gasteiger partial charge in [0.05, 0.1) is 6.07 Å². The van der Waals surface area contributed by atoms with Gasteiger partial charge in [-0.3, -0.25) is 4.79 Å². The summed E-state index contributed by atoms with van der Waals surface area (Å²) in [6.45, 7) is 3.91. The number of nitriles is 1. The molecule has 16 heavy (non-hydrogen) atoms. The first-order chi connectivity index (χ1) is 7.60. The van der Waals surface area contributed by atoms with Gasteiger partial charge in [0.15, 0.2) is 0 Å². The highest BCUT2D eigenvalue weighted by molar-refractivity contribution is 5.94. The van der Waals surface area contributed by atoms with Gasteiger partial charge < -0.3 is 4.90 Å². The number of amides is 1. The zero-order chi connectivity index (χ0) is 12.1. The monoisotopic (exact) mass is 220 g/mol. The third kappa shape index (κ3) is 2.57. The Morgan fingerprint density at radius 3 is 2.75 bits per heavy atom. The molecule has 0 unspecified atom stereocenters. The number of hydrogen-bond donors (Lipinski definition) is 0. The Bertz CT molecular complexity index is 437. The zero-order valence-corrected chi connectivity index (χ0v) is 9.33. The van der Waals surface area contributed by atoms with Crippen LogP contribution >= 0.6 is 0 Å². The van der Waals surface area contributed by atoms with Crippen molar-refractivity contribution in [2.75, 3.05) is 13.1 Å². The number of hydrogen-bond acceptors (Lipinski definition) is 2. The SMILES string of the molecule is CCN(CC#N)C(=O)c1ccc(F)c(C)c1. The molecule has 0 heterocycles. The van der Waals surface area contributed by atoms with Crippen LogP contribution in [0.4, 0.5) is 4.39 Å². The highest BCUT2D eigenvalue weighted by Crippen LogP contribution is 2.11. The number of halogens is 1. The second kappa shape index (κ2) is 5.26. The summed E-state index contributed by atoms with van der Waals surface area (Å²) < 4.78 is 13.0. The van der Waals surface area contributed by atoms with Crippen LogP contribution in [0.1, 0.15) is 22.8 Å². The molecule has 1 aromatic rings. The van der Waals surface area contributed by atoms with E-state index in [2.05, 4.69) is 0 Å². The first kappa shape index (κ1) is 12.2. The topological polar surface area (TPSA) is 44.1 Å². The van der Waals surface area contributed by atoms with E-state index < -0.39 is 0 Å². The predicted octanol–water partition coefficient (Wildman–Crippen LogP) is 2.12. The van der Waals surface area contributed by atoms with Crippen LogP contribution in [0.25, 0.3) is 0 Å². The van der Waals surface area contributed by atoms with E-state index in [0.29, 0.717) is 17.7 Å². The minimum atomic E-state index is -0.333. The first-order valence-corrected chi connectivity index (χ1v) is 5.02. The van der Waals surface area contributed by atoms with Crippen molar-refractivity contribution in [2.24, 2.45) is 0 Å². The summed E-state index contributed by atoms with van der Waals surface area (Å²) in [6, 6.07) is 6.13. The third-order valence-corrected chi connectivity index (χ3v) is 2.34. The molecule has 0 aromatic heterocycles. The van der Waals surface area contributed by atoms with Crippen LogP contribution in [0.15, 0.2) is 18.2 Å². The number of nitrogens with zero attached hydrogens (tertiary/aromatic N) is 2. The van der Waals surface area contributed by atoms with Gasteiger partial charge in [0.25, 0.3) is 5.91 Å². The van der Waals surface area contributed by atoms with Crippen LogP contribution in [0.3, 0.4) is 0 Å². The Kier molecular flexibility index (Phi) is 4.01. The fraction of sp³-hybridized carbons (Fsp3) is 0.333. The molecule has 0 aliphatic carbocycles. The Morgan fingerprint density at radius 1 is 1.56 bits per heavy atom. The molecule has 0 spiro atoms. The summed E-state index contributed by atoms with van der Waals surface area (Å²) in [5, 5.41) is 8.56. The standard InChI is InChI=1S/C12H13FN2O/c1-3-15(7-6-14)12(16)10-4-5-11(13)9(2)8-10/h4-5,8H,3,7H2,1-2H3. The smallest absolute Gasteiger partial charge is 0.254 e. The van der Waals surface area contributed by atoms with Crippen LogP contribution < -0.4 is 0 Å². The number of benzene rings is 1. The lowest BCUT2D eigenvalue weighted by Gasteiger charge is -2.17. The molecule has 84 valence electrons. The van der Waals surface area contributed by atoms with E-state index >= 15 is 0 Å². The van der Waals surface area contributed by atoms with E-state index in [0.717, 1.165) is 0 Å². The number of carbonyl (C=O) groups excluding carboxylic acids is 1. The molecule has 1 rings (SSSR count). The molecule has 0 N–H and O–H groups in total. The molecule has 1 aromatic carbocycles. The lowest BCUT2D eigenvalue weighted by Crippen LogP contribution is -2.31. The average Bonchev–Trinajstić information content (AvgIpc) is 2.28. The Hall–Kier alpha value is -1.89. The molecular weight excluding hydrogens is 207 g/mol. The molecule has 0 fully saturated rings. The van der Waals surface area contributed by atoms with Gasteiger partial charge in [0.2, 0.25) is 0 Å². The summed E-state index contributed by atoms with van der Waals surface area (Å²) in [4.78, 5) is 13.3. The molecule has 0 bridgehead atoms. The van der Waals surface area contributed by atoms with Crippen LogP contribution in [-0.4, -0.2) is 23.9 Å². The van der Waals surface area contributed by atoms with Crippen LogP contribution in [0.2, 0.25) is 0 Å². The van der Waals surface area contributed by atoms with E-state index in [1.54, 1.807) is 13.8 Å². The minimum absolute atomic E-state index is 0.0474. The number of rotatable bonds is 3. The van der Waals surface area contributed by atoms with Gasteiger partial charge >= 0.3 is 0 Å². The lowest BCUT2D eigenvalue weighted by atomic mass is 10.1. The van der Waals surface area contributed by atoms with Crippen molar-refractivity contribution >= 4 is 5.91 Å². The fourth-order valence-electron chi connectivity index (χ4n) is 1.37. The van der Waals surface area contributed by atoms with Gasteiger partial charge in [-0.15, -0.1) is 0 Å². The van der Waals surface area contributed by atoms with Crippen molar-refractivity contribution in [1.29, 1.82) is 5.26 Å². The molecule has 1 amide bonds. The molecular formula is C12H13FN2O. The molecule has 4 heteroatoms. The maximum atomic E-state index is 13.0. The average molecular weight is 220 g/mol. The molecule has 0 atom stereocenters. The maximum absolute atomic E-state index is 13.0. The van der Waals surface area contributed by atoms with Crippen molar-refractivity contribution in [3.63, 3.8) is 0 Å². The van der Waals surface area contributed by atoms with Gasteiger partial charge in [-0.2, -0.15) is 5.26 Å². The summed E-state index contributed by atoms with van der Waals surface area (Å²) in [7, 11) is 0. The highest BCUT2D eigenvalue weighted by Gasteiger charge is 2.14. The van der Waals surface area contributed by atoms with Gasteiger partial charge in [0, 0.05) is 12.1 Å². The summed E-state index contributed by atoms with van der Waals surface area (Å²) in [6.07, 6.45) is 0. The van der Waals surface area contributed by atoms with Crippen LogP contribution in [0.5, 0.6) is 0 Å². The quantitative estimate of drug-likeness (QED) is 0.732. The van der Waals surface area contributed by atoms with Crippen molar-refractivity contribution in [2.45, 2.75) is 13.8 Å². The second-order valence-corrected chi connectivity index (χ2v) is 3.44. The normalized spacial score (nSPS) is 9.62. The number of carbonyl (C=O) groups is 1. The molecule has 0 radical (unpaired) electrons. The number of aryl methyl sites for hydroxylation is 1. The third-order valence-electron chi connectivity index (χ3n) is 2.34. The second-order valence-electron chi connectivity index (χ2n) is 3.44. The molecule has 0 saturated carbocycles. The molecule has 0 saturated heterocycles. The lowest BCUT2D eigenvalue weighted by molar-refractivity contribution is 0.0784. The molecule has 3 nitrogen and oxygen atoms in total. The van der Waals surface area contributed by atoms with Gasteiger partial charge in [-0.05, 0) is 37.6 Å².